The quantitative estimate of drug-likeness (QED) is 0.650. The number of hydrogen-bond donors (Lipinski definition) is 1. The monoisotopic (exact) mass is 464 g/mol. The standard InChI is InChI=1S/C27H36N4O3/c1-20(32)31-13-8-21(9-14-31)15-25-16-23(7-11-28-25)27(33)29-17-26(34-2)19-30-12-10-22-5-3-4-6-24(22)18-30/h3-7,11,16,21,26H,8-10,12-15,17-19H2,1-2H3,(H,29,33). The number of nitrogens with zero attached hydrogens (tertiary/aromatic N) is 3. The van der Waals surface area contributed by atoms with Crippen molar-refractivity contribution in [2.75, 3.05) is 39.8 Å². The summed E-state index contributed by atoms with van der Waals surface area (Å²) in [5.41, 5.74) is 4.37. The third-order valence-electron chi connectivity index (χ3n) is 7.13. The Bertz CT molecular complexity index is 987. The molecular formula is C27H36N4O3. The van der Waals surface area contributed by atoms with Crippen molar-refractivity contribution < 1.29 is 14.3 Å². The van der Waals surface area contributed by atoms with Crippen LogP contribution < -0.4 is 5.32 Å². The van der Waals surface area contributed by atoms with Gasteiger partial charge in [0.2, 0.25) is 5.91 Å². The molecule has 182 valence electrons. The minimum absolute atomic E-state index is 0.0676. The lowest BCUT2D eigenvalue weighted by Crippen LogP contribution is -2.43. The van der Waals surface area contributed by atoms with Gasteiger partial charge in [-0.25, -0.2) is 0 Å². The smallest absolute Gasteiger partial charge is 0.251 e. The normalized spacial score (nSPS) is 17.8. The summed E-state index contributed by atoms with van der Waals surface area (Å²) < 4.78 is 5.68. The Morgan fingerprint density at radius 2 is 1.91 bits per heavy atom. The molecule has 0 radical (unpaired) electrons. The number of carbonyl (C=O) groups is 2. The number of pyridine rings is 1. The van der Waals surface area contributed by atoms with Crippen molar-refractivity contribution in [2.45, 2.75) is 45.3 Å². The van der Waals surface area contributed by atoms with Gasteiger partial charge in [-0.1, -0.05) is 24.3 Å². The Labute approximate surface area is 202 Å². The van der Waals surface area contributed by atoms with Gasteiger partial charge in [0.15, 0.2) is 0 Å². The molecule has 7 heteroatoms. The van der Waals surface area contributed by atoms with E-state index in [1.165, 1.54) is 11.1 Å². The molecule has 0 bridgehead atoms. The van der Waals surface area contributed by atoms with Gasteiger partial charge in [0.05, 0.1) is 6.10 Å². The van der Waals surface area contributed by atoms with Crippen molar-refractivity contribution in [2.24, 2.45) is 5.92 Å². The van der Waals surface area contributed by atoms with Crippen LogP contribution in [0.2, 0.25) is 0 Å². The van der Waals surface area contributed by atoms with Crippen LogP contribution in [0, 0.1) is 5.92 Å². The molecule has 1 saturated heterocycles. The van der Waals surface area contributed by atoms with E-state index in [1.54, 1.807) is 26.3 Å². The highest BCUT2D eigenvalue weighted by atomic mass is 16.5. The second-order valence-electron chi connectivity index (χ2n) is 9.51. The lowest BCUT2D eigenvalue weighted by molar-refractivity contribution is -0.130. The summed E-state index contributed by atoms with van der Waals surface area (Å²) in [7, 11) is 1.71. The molecular weight excluding hydrogens is 428 g/mol. The Morgan fingerprint density at radius 1 is 1.15 bits per heavy atom. The number of carbonyl (C=O) groups excluding carboxylic acids is 2. The first kappa shape index (κ1) is 24.4. The summed E-state index contributed by atoms with van der Waals surface area (Å²) in [6, 6.07) is 12.3. The minimum atomic E-state index is -0.0962. The fraction of sp³-hybridized carbons (Fsp3) is 0.519. The van der Waals surface area contributed by atoms with Gasteiger partial charge in [-0.05, 0) is 54.9 Å². The maximum atomic E-state index is 12.8. The van der Waals surface area contributed by atoms with Crippen molar-refractivity contribution in [1.29, 1.82) is 0 Å². The molecule has 1 atom stereocenters. The Hall–Kier alpha value is -2.77. The third-order valence-corrected chi connectivity index (χ3v) is 7.13. The van der Waals surface area contributed by atoms with E-state index in [9.17, 15) is 9.59 Å². The van der Waals surface area contributed by atoms with Crippen molar-refractivity contribution in [3.8, 4) is 0 Å². The van der Waals surface area contributed by atoms with Crippen LogP contribution in [0.25, 0.3) is 0 Å². The number of amides is 2. The second kappa shape index (κ2) is 11.6. The van der Waals surface area contributed by atoms with Crippen LogP contribution in [0.1, 0.15) is 46.9 Å². The second-order valence-corrected chi connectivity index (χ2v) is 9.51. The maximum Gasteiger partial charge on any atom is 0.251 e. The van der Waals surface area contributed by atoms with E-state index < -0.39 is 0 Å². The molecule has 2 aliphatic heterocycles. The van der Waals surface area contributed by atoms with Crippen LogP contribution in [0.15, 0.2) is 42.6 Å². The predicted octanol–water partition coefficient (Wildman–Crippen LogP) is 2.69. The van der Waals surface area contributed by atoms with Crippen LogP contribution in [0.5, 0.6) is 0 Å². The number of piperidine rings is 1. The first-order valence-electron chi connectivity index (χ1n) is 12.3. The predicted molar refractivity (Wildman–Crippen MR) is 131 cm³/mol. The average molecular weight is 465 g/mol. The molecule has 3 heterocycles. The van der Waals surface area contributed by atoms with Crippen molar-refractivity contribution in [3.63, 3.8) is 0 Å². The highest BCUT2D eigenvalue weighted by molar-refractivity contribution is 5.94. The lowest BCUT2D eigenvalue weighted by Gasteiger charge is -2.31. The van der Waals surface area contributed by atoms with Crippen LogP contribution in [-0.2, 0) is 28.9 Å². The van der Waals surface area contributed by atoms with Crippen LogP contribution in [-0.4, -0.2) is 72.5 Å². The van der Waals surface area contributed by atoms with Gasteiger partial charge in [0, 0.05) is 70.8 Å². The van der Waals surface area contributed by atoms with Crippen molar-refractivity contribution >= 4 is 11.8 Å². The van der Waals surface area contributed by atoms with E-state index in [0.717, 1.165) is 64.1 Å². The zero-order chi connectivity index (χ0) is 23.9. The summed E-state index contributed by atoms with van der Waals surface area (Å²) in [6.45, 7) is 6.42. The number of benzene rings is 1. The number of nitrogens with one attached hydrogen (secondary N) is 1. The molecule has 1 aromatic heterocycles. The first-order valence-corrected chi connectivity index (χ1v) is 12.3. The highest BCUT2D eigenvalue weighted by Gasteiger charge is 2.22. The number of aromatic nitrogens is 1. The summed E-state index contributed by atoms with van der Waals surface area (Å²) in [5.74, 6) is 0.546. The van der Waals surface area contributed by atoms with E-state index in [0.29, 0.717) is 18.0 Å². The molecule has 2 aliphatic rings. The van der Waals surface area contributed by atoms with Gasteiger partial charge >= 0.3 is 0 Å². The highest BCUT2D eigenvalue weighted by Crippen LogP contribution is 2.22. The molecule has 1 aromatic carbocycles. The first-order chi connectivity index (χ1) is 16.5. The fourth-order valence-electron chi connectivity index (χ4n) is 5.01. The molecule has 0 aliphatic carbocycles. The van der Waals surface area contributed by atoms with E-state index >= 15 is 0 Å². The number of methoxy groups -OCH3 is 1. The average Bonchev–Trinajstić information content (AvgIpc) is 2.86. The van der Waals surface area contributed by atoms with Gasteiger partial charge in [-0.3, -0.25) is 19.5 Å². The number of likely N-dealkylation sites (tertiary alicyclic amines) is 1. The topological polar surface area (TPSA) is 74.8 Å². The van der Waals surface area contributed by atoms with Crippen LogP contribution >= 0.6 is 0 Å². The molecule has 1 unspecified atom stereocenters. The maximum absolute atomic E-state index is 12.8. The summed E-state index contributed by atoms with van der Waals surface area (Å²) in [6.07, 6.45) is 5.49. The molecule has 0 saturated carbocycles. The Morgan fingerprint density at radius 3 is 2.65 bits per heavy atom. The molecule has 2 aromatic rings. The molecule has 34 heavy (non-hydrogen) atoms. The van der Waals surface area contributed by atoms with Crippen molar-refractivity contribution in [3.05, 3.63) is 65.0 Å². The zero-order valence-corrected chi connectivity index (χ0v) is 20.3. The number of ether oxygens (including phenoxy) is 1. The van der Waals surface area contributed by atoms with Gasteiger partial charge < -0.3 is 15.0 Å². The molecule has 7 nitrogen and oxygen atoms in total. The van der Waals surface area contributed by atoms with E-state index in [-0.39, 0.29) is 17.9 Å². The van der Waals surface area contributed by atoms with Crippen LogP contribution in [0.4, 0.5) is 0 Å². The van der Waals surface area contributed by atoms with E-state index in [1.807, 2.05) is 11.0 Å². The number of hydrogen-bond acceptors (Lipinski definition) is 5. The van der Waals surface area contributed by atoms with E-state index in [4.69, 9.17) is 4.74 Å². The molecule has 1 fully saturated rings. The SMILES string of the molecule is COC(CNC(=O)c1ccnc(CC2CCN(C(C)=O)CC2)c1)CN1CCc2ccccc2C1. The molecule has 0 spiro atoms. The minimum Gasteiger partial charge on any atom is -0.378 e. The summed E-state index contributed by atoms with van der Waals surface area (Å²) in [5, 5.41) is 3.05. The van der Waals surface area contributed by atoms with Gasteiger partial charge in [0.25, 0.3) is 5.91 Å². The zero-order valence-electron chi connectivity index (χ0n) is 20.3. The van der Waals surface area contributed by atoms with Gasteiger partial charge in [-0.15, -0.1) is 0 Å². The summed E-state index contributed by atoms with van der Waals surface area (Å²) in [4.78, 5) is 33.1. The molecule has 4 rings (SSSR count). The lowest BCUT2D eigenvalue weighted by atomic mass is 9.91. The van der Waals surface area contributed by atoms with Gasteiger partial charge in [-0.2, -0.15) is 0 Å². The molecule has 1 N–H and O–H groups in total. The Balaban J connectivity index is 1.26. The number of fused-ring (bicyclic) bond motifs is 1. The fourth-order valence-corrected chi connectivity index (χ4v) is 5.01. The number of rotatable bonds is 8. The van der Waals surface area contributed by atoms with Crippen LogP contribution in [0.3, 0.4) is 0 Å². The molecule has 2 amide bonds. The third kappa shape index (κ3) is 6.42. The Kier molecular flexibility index (Phi) is 8.29. The van der Waals surface area contributed by atoms with Crippen molar-refractivity contribution in [1.82, 2.24) is 20.1 Å². The van der Waals surface area contributed by atoms with Gasteiger partial charge in [0.1, 0.15) is 0 Å². The summed E-state index contributed by atoms with van der Waals surface area (Å²) >= 11 is 0. The van der Waals surface area contributed by atoms with E-state index in [2.05, 4.69) is 39.5 Å². The largest absolute Gasteiger partial charge is 0.378 e.